The summed E-state index contributed by atoms with van der Waals surface area (Å²) in [4.78, 5) is 0. The molecule has 1 aliphatic heterocycles. The van der Waals surface area contributed by atoms with Crippen LogP contribution in [0.15, 0.2) is 53.3 Å². The van der Waals surface area contributed by atoms with Gasteiger partial charge in [-0.2, -0.15) is 11.8 Å². The van der Waals surface area contributed by atoms with Gasteiger partial charge >= 0.3 is 0 Å². The molecule has 1 fully saturated rings. The maximum absolute atomic E-state index is 13.4. The molecule has 2 aliphatic rings. The molecule has 18 heavy (non-hydrogen) atoms. The Balaban J connectivity index is 1.79. The smallest absolute Gasteiger partial charge is 0.138 e. The van der Waals surface area contributed by atoms with Crippen LogP contribution in [0, 0.1) is 0 Å². The molecule has 0 spiro atoms. The van der Waals surface area contributed by atoms with Crippen LogP contribution in [0.2, 0.25) is 0 Å². The number of hydrogen-bond donors (Lipinski definition) is 1. The van der Waals surface area contributed by atoms with Gasteiger partial charge in [0.25, 0.3) is 0 Å². The highest BCUT2D eigenvalue weighted by Crippen LogP contribution is 2.36. The highest BCUT2D eigenvalue weighted by molar-refractivity contribution is 8.00. The zero-order valence-electron chi connectivity index (χ0n) is 9.64. The van der Waals surface area contributed by atoms with E-state index < -0.39 is 0 Å². The number of hydrogen-bond acceptors (Lipinski definition) is 2. The van der Waals surface area contributed by atoms with Crippen LogP contribution in [-0.2, 0) is 0 Å². The minimum absolute atomic E-state index is 0.112. The van der Waals surface area contributed by atoms with Crippen molar-refractivity contribution in [1.82, 2.24) is 5.32 Å². The van der Waals surface area contributed by atoms with Crippen LogP contribution in [0.4, 0.5) is 4.39 Å². The van der Waals surface area contributed by atoms with Gasteiger partial charge in [-0.25, -0.2) is 4.39 Å². The maximum atomic E-state index is 13.4. The van der Waals surface area contributed by atoms with E-state index in [0.29, 0.717) is 6.04 Å². The molecule has 0 saturated carbocycles. The summed E-state index contributed by atoms with van der Waals surface area (Å²) in [7, 11) is 0. The first-order valence-electron chi connectivity index (χ1n) is 5.91. The molecule has 4 heteroatoms. The third-order valence-corrected chi connectivity index (χ3v) is 4.92. The standard InChI is InChI=1S/C14H13ClFNS/c15-10-6-12-14(7-11(10)16)18-8-13(17-12)9-4-2-1-3-5-9/h1-7,12-14,17H,8H2. The van der Waals surface area contributed by atoms with Crippen LogP contribution in [-0.4, -0.2) is 17.0 Å². The summed E-state index contributed by atoms with van der Waals surface area (Å²) in [5.41, 5.74) is 1.27. The molecular weight excluding hydrogens is 269 g/mol. The summed E-state index contributed by atoms with van der Waals surface area (Å²) < 4.78 is 13.4. The van der Waals surface area contributed by atoms with Crippen molar-refractivity contribution in [3.8, 4) is 0 Å². The average molecular weight is 282 g/mol. The molecule has 1 N–H and O–H groups in total. The van der Waals surface area contributed by atoms with Crippen molar-refractivity contribution in [2.75, 3.05) is 5.75 Å². The first-order chi connectivity index (χ1) is 8.74. The third-order valence-electron chi connectivity index (χ3n) is 3.27. The van der Waals surface area contributed by atoms with E-state index in [9.17, 15) is 4.39 Å². The SMILES string of the molecule is FC1=CC2SCC(c3ccccc3)NC2C=C1Cl. The van der Waals surface area contributed by atoms with E-state index in [2.05, 4.69) is 17.4 Å². The number of thioether (sulfide) groups is 1. The summed E-state index contributed by atoms with van der Waals surface area (Å²) in [5.74, 6) is 0.644. The lowest BCUT2D eigenvalue weighted by atomic mass is 10.0. The van der Waals surface area contributed by atoms with Gasteiger partial charge in [-0.05, 0) is 17.7 Å². The highest BCUT2D eigenvalue weighted by atomic mass is 35.5. The number of allylic oxidation sites excluding steroid dienone is 2. The van der Waals surface area contributed by atoms with E-state index >= 15 is 0 Å². The molecule has 1 nitrogen and oxygen atoms in total. The Morgan fingerprint density at radius 1 is 1.22 bits per heavy atom. The minimum Gasteiger partial charge on any atom is -0.301 e. The maximum Gasteiger partial charge on any atom is 0.138 e. The Hall–Kier alpha value is -0.770. The number of rotatable bonds is 1. The quantitative estimate of drug-likeness (QED) is 0.840. The Morgan fingerprint density at radius 3 is 2.78 bits per heavy atom. The van der Waals surface area contributed by atoms with Gasteiger partial charge in [0.15, 0.2) is 0 Å². The number of nitrogens with one attached hydrogen (secondary N) is 1. The van der Waals surface area contributed by atoms with Gasteiger partial charge in [-0.1, -0.05) is 41.9 Å². The fourth-order valence-corrected chi connectivity index (χ4v) is 3.80. The molecule has 1 aliphatic carbocycles. The van der Waals surface area contributed by atoms with Gasteiger partial charge in [-0.15, -0.1) is 0 Å². The van der Waals surface area contributed by atoms with Crippen LogP contribution >= 0.6 is 23.4 Å². The fourth-order valence-electron chi connectivity index (χ4n) is 2.32. The first kappa shape index (κ1) is 12.3. The summed E-state index contributed by atoms with van der Waals surface area (Å²) in [6.07, 6.45) is 3.40. The van der Waals surface area contributed by atoms with Crippen molar-refractivity contribution in [3.05, 3.63) is 58.9 Å². The molecule has 1 heterocycles. The van der Waals surface area contributed by atoms with Crippen molar-refractivity contribution < 1.29 is 4.39 Å². The zero-order valence-corrected chi connectivity index (χ0v) is 11.2. The molecule has 3 rings (SSSR count). The number of halogens is 2. The van der Waals surface area contributed by atoms with E-state index in [1.165, 1.54) is 5.56 Å². The normalized spacial score (nSPS) is 31.3. The second-order valence-corrected chi connectivity index (χ2v) is 6.10. The molecule has 1 aromatic rings. The molecule has 0 aromatic heterocycles. The van der Waals surface area contributed by atoms with E-state index in [1.807, 2.05) is 18.2 Å². The molecule has 94 valence electrons. The molecule has 3 atom stereocenters. The lowest BCUT2D eigenvalue weighted by Gasteiger charge is -2.36. The van der Waals surface area contributed by atoms with Crippen LogP contribution in [0.5, 0.6) is 0 Å². The number of benzene rings is 1. The number of fused-ring (bicyclic) bond motifs is 1. The van der Waals surface area contributed by atoms with Crippen molar-refractivity contribution >= 4 is 23.4 Å². The minimum atomic E-state index is -0.301. The van der Waals surface area contributed by atoms with Crippen LogP contribution in [0.25, 0.3) is 0 Å². The van der Waals surface area contributed by atoms with Gasteiger partial charge in [0.2, 0.25) is 0 Å². The van der Waals surface area contributed by atoms with Crippen LogP contribution < -0.4 is 5.32 Å². The van der Waals surface area contributed by atoms with E-state index in [1.54, 1.807) is 23.9 Å². The monoisotopic (exact) mass is 281 g/mol. The van der Waals surface area contributed by atoms with Crippen molar-refractivity contribution in [1.29, 1.82) is 0 Å². The summed E-state index contributed by atoms with van der Waals surface area (Å²) >= 11 is 7.62. The van der Waals surface area contributed by atoms with Gasteiger partial charge in [-0.3, -0.25) is 0 Å². The van der Waals surface area contributed by atoms with Crippen molar-refractivity contribution in [3.63, 3.8) is 0 Å². The van der Waals surface area contributed by atoms with Gasteiger partial charge < -0.3 is 5.32 Å². The Bertz CT molecular complexity index is 500. The van der Waals surface area contributed by atoms with Crippen LogP contribution in [0.3, 0.4) is 0 Å². The second kappa shape index (κ2) is 5.08. The van der Waals surface area contributed by atoms with Gasteiger partial charge in [0.1, 0.15) is 5.83 Å². The highest BCUT2D eigenvalue weighted by Gasteiger charge is 2.32. The van der Waals surface area contributed by atoms with Crippen LogP contribution in [0.1, 0.15) is 11.6 Å². The zero-order chi connectivity index (χ0) is 12.5. The Morgan fingerprint density at radius 2 is 2.00 bits per heavy atom. The average Bonchev–Trinajstić information content (AvgIpc) is 2.41. The summed E-state index contributed by atoms with van der Waals surface area (Å²) in [6.45, 7) is 0. The van der Waals surface area contributed by atoms with Crippen molar-refractivity contribution in [2.45, 2.75) is 17.3 Å². The van der Waals surface area contributed by atoms with Gasteiger partial charge in [0.05, 0.1) is 5.03 Å². The first-order valence-corrected chi connectivity index (χ1v) is 7.34. The molecule has 1 aromatic carbocycles. The van der Waals surface area contributed by atoms with Crippen molar-refractivity contribution in [2.24, 2.45) is 0 Å². The summed E-state index contributed by atoms with van der Waals surface area (Å²) in [5, 5.41) is 3.90. The molecule has 0 radical (unpaired) electrons. The molecule has 0 amide bonds. The molecular formula is C14H13ClFNS. The molecule has 0 bridgehead atoms. The second-order valence-electron chi connectivity index (χ2n) is 4.48. The predicted molar refractivity (Wildman–Crippen MR) is 75.5 cm³/mol. The Kier molecular flexibility index (Phi) is 3.46. The summed E-state index contributed by atoms with van der Waals surface area (Å²) in [6, 6.07) is 10.7. The molecule has 3 unspecified atom stereocenters. The largest absolute Gasteiger partial charge is 0.301 e. The van der Waals surface area contributed by atoms with E-state index in [-0.39, 0.29) is 22.2 Å². The molecule has 1 saturated heterocycles. The predicted octanol–water partition coefficient (Wildman–Crippen LogP) is 3.79. The Labute approximate surface area is 115 Å². The van der Waals surface area contributed by atoms with Gasteiger partial charge in [0, 0.05) is 23.1 Å². The lowest BCUT2D eigenvalue weighted by Crippen LogP contribution is -2.45. The fraction of sp³-hybridized carbons (Fsp3) is 0.286. The van der Waals surface area contributed by atoms with E-state index in [4.69, 9.17) is 11.6 Å². The third kappa shape index (κ3) is 2.35. The topological polar surface area (TPSA) is 12.0 Å². The van der Waals surface area contributed by atoms with E-state index in [0.717, 1.165) is 5.75 Å². The lowest BCUT2D eigenvalue weighted by molar-refractivity contribution is 0.496.